The molecule has 0 radical (unpaired) electrons. The Morgan fingerprint density at radius 3 is 2.24 bits per heavy atom. The van der Waals surface area contributed by atoms with E-state index in [1.54, 1.807) is 12.1 Å². The van der Waals surface area contributed by atoms with Crippen LogP contribution in [-0.4, -0.2) is 54.8 Å². The van der Waals surface area contributed by atoms with Gasteiger partial charge in [0.2, 0.25) is 0 Å². The standard InChI is InChI=1S/C19H30ClNO6S2/c1-28(22,23)27-13-3-2-12-26-18-8-4-16(5-9-18)14-21-15-29(24,25)19-10-6-17(20)7-11-19/h6-7,10-11,16,18,21H,2-5,8-9,12-15H2,1H3. The maximum atomic E-state index is 12.3. The third-order valence-corrected chi connectivity index (χ3v) is 7.30. The van der Waals surface area contributed by atoms with Gasteiger partial charge in [-0.2, -0.15) is 8.42 Å². The molecule has 0 aliphatic heterocycles. The largest absolute Gasteiger partial charge is 0.378 e. The summed E-state index contributed by atoms with van der Waals surface area (Å²) in [6.07, 6.45) is 6.58. The average molecular weight is 468 g/mol. The monoisotopic (exact) mass is 467 g/mol. The Labute approximate surface area is 179 Å². The maximum absolute atomic E-state index is 12.3. The van der Waals surface area contributed by atoms with Crippen molar-refractivity contribution in [2.45, 2.75) is 49.5 Å². The Morgan fingerprint density at radius 1 is 1.00 bits per heavy atom. The van der Waals surface area contributed by atoms with Gasteiger partial charge in [0.15, 0.2) is 9.84 Å². The third kappa shape index (κ3) is 9.76. The van der Waals surface area contributed by atoms with Crippen LogP contribution in [0.1, 0.15) is 38.5 Å². The second-order valence-corrected chi connectivity index (χ2v) is 11.5. The predicted octanol–water partition coefficient (Wildman–Crippen LogP) is 2.99. The first-order valence-corrected chi connectivity index (χ1v) is 13.7. The van der Waals surface area contributed by atoms with Crippen molar-refractivity contribution in [3.8, 4) is 0 Å². The van der Waals surface area contributed by atoms with E-state index in [2.05, 4.69) is 5.32 Å². The highest BCUT2D eigenvalue weighted by molar-refractivity contribution is 7.91. The van der Waals surface area contributed by atoms with Gasteiger partial charge < -0.3 is 10.1 Å². The molecule has 1 aromatic carbocycles. The lowest BCUT2D eigenvalue weighted by molar-refractivity contribution is 0.0155. The molecule has 2 rings (SSSR count). The SMILES string of the molecule is CS(=O)(=O)OCCCCOC1CCC(CNCS(=O)(=O)c2ccc(Cl)cc2)CC1. The minimum Gasteiger partial charge on any atom is -0.378 e. The fourth-order valence-corrected chi connectivity index (χ4v) is 4.94. The van der Waals surface area contributed by atoms with E-state index >= 15 is 0 Å². The highest BCUT2D eigenvalue weighted by Crippen LogP contribution is 2.26. The molecule has 0 saturated heterocycles. The van der Waals surface area contributed by atoms with E-state index in [1.165, 1.54) is 12.1 Å². The fourth-order valence-electron chi connectivity index (χ4n) is 3.29. The van der Waals surface area contributed by atoms with Gasteiger partial charge in [0.1, 0.15) is 5.88 Å². The first kappa shape index (κ1) is 24.6. The van der Waals surface area contributed by atoms with Crippen molar-refractivity contribution >= 4 is 31.6 Å². The van der Waals surface area contributed by atoms with E-state index in [-0.39, 0.29) is 23.5 Å². The van der Waals surface area contributed by atoms with Crippen LogP contribution in [0.2, 0.25) is 5.02 Å². The highest BCUT2D eigenvalue weighted by atomic mass is 35.5. The molecule has 1 aliphatic carbocycles. The van der Waals surface area contributed by atoms with Crippen molar-refractivity contribution in [2.24, 2.45) is 5.92 Å². The van der Waals surface area contributed by atoms with Gasteiger partial charge in [-0.1, -0.05) is 11.6 Å². The summed E-state index contributed by atoms with van der Waals surface area (Å²) in [6, 6.07) is 6.20. The van der Waals surface area contributed by atoms with Crippen LogP contribution < -0.4 is 5.32 Å². The second kappa shape index (κ2) is 11.6. The Hall–Kier alpha value is -0.710. The van der Waals surface area contributed by atoms with Crippen molar-refractivity contribution in [3.05, 3.63) is 29.3 Å². The van der Waals surface area contributed by atoms with Gasteiger partial charge >= 0.3 is 0 Å². The number of rotatable bonds is 12. The van der Waals surface area contributed by atoms with Gasteiger partial charge in [-0.25, -0.2) is 8.42 Å². The molecule has 0 atom stereocenters. The van der Waals surface area contributed by atoms with Crippen LogP contribution in [0, 0.1) is 5.92 Å². The van der Waals surface area contributed by atoms with Gasteiger partial charge in [-0.05, 0) is 75.3 Å². The molecule has 1 aliphatic rings. The van der Waals surface area contributed by atoms with Crippen molar-refractivity contribution in [1.82, 2.24) is 5.32 Å². The fraction of sp³-hybridized carbons (Fsp3) is 0.684. The van der Waals surface area contributed by atoms with E-state index in [1.807, 2.05) is 0 Å². The third-order valence-electron chi connectivity index (χ3n) is 4.88. The van der Waals surface area contributed by atoms with Crippen LogP contribution in [0.25, 0.3) is 0 Å². The first-order valence-electron chi connectivity index (χ1n) is 9.81. The zero-order chi connectivity index (χ0) is 21.3. The number of hydrogen-bond acceptors (Lipinski definition) is 7. The molecular formula is C19H30ClNO6S2. The number of ether oxygens (including phenoxy) is 1. The molecule has 0 bridgehead atoms. The highest BCUT2D eigenvalue weighted by Gasteiger charge is 2.22. The van der Waals surface area contributed by atoms with Crippen LogP contribution in [0.5, 0.6) is 0 Å². The van der Waals surface area contributed by atoms with E-state index in [0.29, 0.717) is 30.5 Å². The summed E-state index contributed by atoms with van der Waals surface area (Å²) < 4.78 is 56.9. The molecule has 166 valence electrons. The number of halogens is 1. The van der Waals surface area contributed by atoms with Gasteiger partial charge in [-0.15, -0.1) is 0 Å². The number of hydrogen-bond donors (Lipinski definition) is 1. The summed E-state index contributed by atoms with van der Waals surface area (Å²) in [6.45, 7) is 1.46. The normalized spacial score (nSPS) is 20.6. The summed E-state index contributed by atoms with van der Waals surface area (Å²) in [5.74, 6) is 0.360. The number of unbranched alkanes of at least 4 members (excludes halogenated alkanes) is 1. The molecule has 1 saturated carbocycles. The molecule has 1 fully saturated rings. The summed E-state index contributed by atoms with van der Waals surface area (Å²) >= 11 is 5.80. The summed E-state index contributed by atoms with van der Waals surface area (Å²) in [7, 11) is -6.72. The van der Waals surface area contributed by atoms with Crippen molar-refractivity contribution in [2.75, 3.05) is 31.9 Å². The average Bonchev–Trinajstić information content (AvgIpc) is 2.65. The summed E-state index contributed by atoms with van der Waals surface area (Å²) in [4.78, 5) is 0.272. The van der Waals surface area contributed by atoms with Gasteiger partial charge in [0, 0.05) is 11.6 Å². The Balaban J connectivity index is 1.57. The molecule has 0 aromatic heterocycles. The lowest BCUT2D eigenvalue weighted by Gasteiger charge is -2.28. The zero-order valence-corrected chi connectivity index (χ0v) is 19.1. The summed E-state index contributed by atoms with van der Waals surface area (Å²) in [5, 5.41) is 3.59. The Kier molecular flexibility index (Phi) is 9.84. The molecule has 1 aromatic rings. The molecule has 0 spiro atoms. The lowest BCUT2D eigenvalue weighted by atomic mass is 9.87. The second-order valence-electron chi connectivity index (χ2n) is 7.41. The molecule has 0 heterocycles. The van der Waals surface area contributed by atoms with Crippen LogP contribution in [0.15, 0.2) is 29.2 Å². The van der Waals surface area contributed by atoms with Crippen molar-refractivity contribution in [3.63, 3.8) is 0 Å². The van der Waals surface area contributed by atoms with E-state index in [4.69, 9.17) is 20.5 Å². The maximum Gasteiger partial charge on any atom is 0.264 e. The topological polar surface area (TPSA) is 98.8 Å². The quantitative estimate of drug-likeness (QED) is 0.372. The molecule has 7 nitrogen and oxygen atoms in total. The van der Waals surface area contributed by atoms with Crippen LogP contribution >= 0.6 is 11.6 Å². The van der Waals surface area contributed by atoms with E-state index in [9.17, 15) is 16.8 Å². The molecule has 0 amide bonds. The first-order chi connectivity index (χ1) is 13.7. The van der Waals surface area contributed by atoms with E-state index < -0.39 is 20.0 Å². The Morgan fingerprint density at radius 2 is 1.62 bits per heavy atom. The van der Waals surface area contributed by atoms with Crippen molar-refractivity contribution < 1.29 is 25.8 Å². The zero-order valence-electron chi connectivity index (χ0n) is 16.7. The number of nitrogens with one attached hydrogen (secondary N) is 1. The van der Waals surface area contributed by atoms with Gasteiger partial charge in [-0.3, -0.25) is 4.18 Å². The van der Waals surface area contributed by atoms with Crippen LogP contribution in [-0.2, 0) is 28.9 Å². The van der Waals surface area contributed by atoms with Crippen LogP contribution in [0.4, 0.5) is 0 Å². The number of benzene rings is 1. The lowest BCUT2D eigenvalue weighted by Crippen LogP contribution is -2.32. The van der Waals surface area contributed by atoms with Gasteiger partial charge in [0.25, 0.3) is 10.1 Å². The number of sulfone groups is 1. The molecule has 10 heteroatoms. The smallest absolute Gasteiger partial charge is 0.264 e. The van der Waals surface area contributed by atoms with Crippen molar-refractivity contribution in [1.29, 1.82) is 0 Å². The minimum absolute atomic E-state index is 0.0827. The minimum atomic E-state index is -3.36. The predicted molar refractivity (Wildman–Crippen MR) is 113 cm³/mol. The molecule has 1 N–H and O–H groups in total. The van der Waals surface area contributed by atoms with Gasteiger partial charge in [0.05, 0.1) is 23.9 Å². The molecule has 0 unspecified atom stereocenters. The summed E-state index contributed by atoms with van der Waals surface area (Å²) in [5.41, 5.74) is 0. The van der Waals surface area contributed by atoms with E-state index in [0.717, 1.165) is 38.4 Å². The van der Waals surface area contributed by atoms with Crippen LogP contribution in [0.3, 0.4) is 0 Å². The Bertz CT molecular complexity index is 819. The molecule has 29 heavy (non-hydrogen) atoms. The molecular weight excluding hydrogens is 438 g/mol.